The van der Waals surface area contributed by atoms with E-state index < -0.39 is 17.3 Å². The van der Waals surface area contributed by atoms with Gasteiger partial charge in [-0.2, -0.15) is 13.2 Å². The lowest BCUT2D eigenvalue weighted by molar-refractivity contribution is -0.137. The summed E-state index contributed by atoms with van der Waals surface area (Å²) in [6.07, 6.45) is -1.26. The predicted octanol–water partition coefficient (Wildman–Crippen LogP) is 4.21. The lowest BCUT2D eigenvalue weighted by Gasteiger charge is -2.31. The second-order valence-electron chi connectivity index (χ2n) is 5.45. The minimum atomic E-state index is -4.40. The number of anilines is 1. The number of likely N-dealkylation sites (N-methyl/N-ethyl adjacent to an activating group) is 1. The molecule has 112 valence electrons. The number of aliphatic hydroxyl groups is 1. The van der Waals surface area contributed by atoms with E-state index in [4.69, 9.17) is 0 Å². The van der Waals surface area contributed by atoms with Gasteiger partial charge in [-0.05, 0) is 31.0 Å². The van der Waals surface area contributed by atoms with Gasteiger partial charge in [-0.15, -0.1) is 0 Å². The first kappa shape index (κ1) is 15.6. The average Bonchev–Trinajstić information content (AvgIpc) is 2.74. The summed E-state index contributed by atoms with van der Waals surface area (Å²) in [7, 11) is 1.59. The summed E-state index contributed by atoms with van der Waals surface area (Å²) in [6, 6.07) is 3.89. The van der Waals surface area contributed by atoms with Gasteiger partial charge in [0.05, 0.1) is 11.2 Å². The van der Waals surface area contributed by atoms with E-state index in [1.807, 2.05) is 0 Å². The standard InChI is InChI=1S/C14H17BrF3NO/c1-19(9-13(20)6-2-3-7-13)12-8-10(15)4-5-11(12)14(16,17)18/h4-5,8,20H,2-3,6-7,9H2,1H3. The van der Waals surface area contributed by atoms with E-state index in [2.05, 4.69) is 15.9 Å². The highest BCUT2D eigenvalue weighted by Crippen LogP contribution is 2.39. The van der Waals surface area contributed by atoms with Gasteiger partial charge in [0.25, 0.3) is 0 Å². The zero-order valence-electron chi connectivity index (χ0n) is 11.2. The Kier molecular flexibility index (Phi) is 4.35. The Morgan fingerprint density at radius 2 is 1.90 bits per heavy atom. The topological polar surface area (TPSA) is 23.5 Å². The molecule has 0 heterocycles. The van der Waals surface area contributed by atoms with E-state index >= 15 is 0 Å². The van der Waals surface area contributed by atoms with Gasteiger partial charge in [0, 0.05) is 23.8 Å². The van der Waals surface area contributed by atoms with Gasteiger partial charge in [0.1, 0.15) is 0 Å². The van der Waals surface area contributed by atoms with Crippen molar-refractivity contribution in [3.8, 4) is 0 Å². The molecule has 0 unspecified atom stereocenters. The summed E-state index contributed by atoms with van der Waals surface area (Å²) >= 11 is 3.20. The highest BCUT2D eigenvalue weighted by molar-refractivity contribution is 9.10. The van der Waals surface area contributed by atoms with Crippen LogP contribution in [0.25, 0.3) is 0 Å². The highest BCUT2D eigenvalue weighted by Gasteiger charge is 2.37. The molecule has 0 atom stereocenters. The quantitative estimate of drug-likeness (QED) is 0.881. The Hall–Kier alpha value is -0.750. The van der Waals surface area contributed by atoms with Crippen LogP contribution in [0.1, 0.15) is 31.2 Å². The van der Waals surface area contributed by atoms with E-state index in [0.29, 0.717) is 17.3 Å². The smallest absolute Gasteiger partial charge is 0.388 e. The van der Waals surface area contributed by atoms with E-state index in [1.54, 1.807) is 7.05 Å². The minimum absolute atomic E-state index is 0.0900. The van der Waals surface area contributed by atoms with E-state index in [9.17, 15) is 18.3 Å². The molecule has 0 aromatic heterocycles. The Balaban J connectivity index is 2.28. The van der Waals surface area contributed by atoms with Crippen molar-refractivity contribution in [1.29, 1.82) is 0 Å². The number of alkyl halides is 3. The summed E-state index contributed by atoms with van der Waals surface area (Å²) in [5.74, 6) is 0. The molecule has 1 aromatic carbocycles. The molecule has 0 spiro atoms. The molecule has 1 fully saturated rings. The fourth-order valence-electron chi connectivity index (χ4n) is 2.78. The molecule has 1 N–H and O–H groups in total. The maximum atomic E-state index is 13.0. The van der Waals surface area contributed by atoms with Crippen LogP contribution in [0.3, 0.4) is 0 Å². The van der Waals surface area contributed by atoms with Crippen molar-refractivity contribution >= 4 is 21.6 Å². The van der Waals surface area contributed by atoms with Crippen molar-refractivity contribution in [2.45, 2.75) is 37.5 Å². The second-order valence-corrected chi connectivity index (χ2v) is 6.36. The number of rotatable bonds is 3. The number of benzene rings is 1. The molecule has 6 heteroatoms. The first-order valence-electron chi connectivity index (χ1n) is 6.52. The number of hydrogen-bond acceptors (Lipinski definition) is 2. The Morgan fingerprint density at radius 3 is 2.45 bits per heavy atom. The molecule has 0 amide bonds. The normalized spacial score (nSPS) is 18.3. The predicted molar refractivity (Wildman–Crippen MR) is 75.8 cm³/mol. The van der Waals surface area contributed by atoms with E-state index in [0.717, 1.165) is 18.9 Å². The molecular weight excluding hydrogens is 335 g/mol. The average molecular weight is 352 g/mol. The van der Waals surface area contributed by atoms with Gasteiger partial charge in [-0.3, -0.25) is 0 Å². The lowest BCUT2D eigenvalue weighted by atomic mass is 10.0. The summed E-state index contributed by atoms with van der Waals surface area (Å²) in [6.45, 7) is 0.215. The molecule has 0 radical (unpaired) electrons. The molecule has 0 aliphatic heterocycles. The van der Waals surface area contributed by atoms with Gasteiger partial charge < -0.3 is 10.0 Å². The third-order valence-corrected chi connectivity index (χ3v) is 4.24. The molecular formula is C14H17BrF3NO. The summed E-state index contributed by atoms with van der Waals surface area (Å²) < 4.78 is 39.7. The van der Waals surface area contributed by atoms with Crippen LogP contribution in [0.15, 0.2) is 22.7 Å². The summed E-state index contributed by atoms with van der Waals surface area (Å²) in [5, 5.41) is 10.4. The SMILES string of the molecule is CN(CC1(O)CCCC1)c1cc(Br)ccc1C(F)(F)F. The largest absolute Gasteiger partial charge is 0.418 e. The maximum absolute atomic E-state index is 13.0. The molecule has 1 aliphatic rings. The fraction of sp³-hybridized carbons (Fsp3) is 0.571. The Morgan fingerprint density at radius 1 is 1.30 bits per heavy atom. The van der Waals surface area contributed by atoms with E-state index in [-0.39, 0.29) is 12.2 Å². The van der Waals surface area contributed by atoms with Crippen molar-refractivity contribution in [3.05, 3.63) is 28.2 Å². The molecule has 0 bridgehead atoms. The number of halogens is 4. The third-order valence-electron chi connectivity index (χ3n) is 3.74. The Labute approximate surface area is 124 Å². The van der Waals surface area contributed by atoms with Crippen LogP contribution < -0.4 is 4.90 Å². The number of nitrogens with zero attached hydrogens (tertiary/aromatic N) is 1. The third kappa shape index (κ3) is 3.47. The van der Waals surface area contributed by atoms with Crippen LogP contribution in [0.2, 0.25) is 0 Å². The summed E-state index contributed by atoms with van der Waals surface area (Å²) in [4.78, 5) is 1.50. The monoisotopic (exact) mass is 351 g/mol. The molecule has 1 aliphatic carbocycles. The second kappa shape index (κ2) is 5.56. The molecule has 1 aromatic rings. The molecule has 2 nitrogen and oxygen atoms in total. The molecule has 1 saturated carbocycles. The van der Waals surface area contributed by atoms with E-state index in [1.165, 1.54) is 17.0 Å². The van der Waals surface area contributed by atoms with Gasteiger partial charge in [0.15, 0.2) is 0 Å². The zero-order chi connectivity index (χ0) is 15.0. The van der Waals surface area contributed by atoms with Crippen molar-refractivity contribution in [2.75, 3.05) is 18.5 Å². The van der Waals surface area contributed by atoms with Gasteiger partial charge >= 0.3 is 6.18 Å². The van der Waals surface area contributed by atoms with Crippen LogP contribution in [0.4, 0.5) is 18.9 Å². The van der Waals surface area contributed by atoms with Crippen LogP contribution >= 0.6 is 15.9 Å². The van der Waals surface area contributed by atoms with Crippen molar-refractivity contribution < 1.29 is 18.3 Å². The Bertz CT molecular complexity index is 484. The van der Waals surface area contributed by atoms with Crippen molar-refractivity contribution in [2.24, 2.45) is 0 Å². The molecule has 0 saturated heterocycles. The van der Waals surface area contributed by atoms with Crippen LogP contribution in [-0.4, -0.2) is 24.3 Å². The van der Waals surface area contributed by atoms with Crippen LogP contribution in [0, 0.1) is 0 Å². The maximum Gasteiger partial charge on any atom is 0.418 e. The van der Waals surface area contributed by atoms with Gasteiger partial charge in [0.2, 0.25) is 0 Å². The van der Waals surface area contributed by atoms with Crippen LogP contribution in [0.5, 0.6) is 0 Å². The zero-order valence-corrected chi connectivity index (χ0v) is 12.8. The first-order chi connectivity index (χ1) is 9.21. The summed E-state index contributed by atoms with van der Waals surface area (Å²) in [5.41, 5.74) is -1.46. The van der Waals surface area contributed by atoms with Gasteiger partial charge in [-0.1, -0.05) is 28.8 Å². The van der Waals surface area contributed by atoms with Crippen molar-refractivity contribution in [1.82, 2.24) is 0 Å². The lowest BCUT2D eigenvalue weighted by Crippen LogP contribution is -2.39. The minimum Gasteiger partial charge on any atom is -0.388 e. The highest BCUT2D eigenvalue weighted by atomic mass is 79.9. The molecule has 20 heavy (non-hydrogen) atoms. The fourth-order valence-corrected chi connectivity index (χ4v) is 3.13. The first-order valence-corrected chi connectivity index (χ1v) is 7.31. The number of hydrogen-bond donors (Lipinski definition) is 1. The molecule has 2 rings (SSSR count). The van der Waals surface area contributed by atoms with Crippen LogP contribution in [-0.2, 0) is 6.18 Å². The van der Waals surface area contributed by atoms with Crippen molar-refractivity contribution in [3.63, 3.8) is 0 Å². The van der Waals surface area contributed by atoms with Gasteiger partial charge in [-0.25, -0.2) is 0 Å².